The Balaban J connectivity index is 1.49. The Morgan fingerprint density at radius 2 is 1.83 bits per heavy atom. The van der Waals surface area contributed by atoms with Gasteiger partial charge in [0.2, 0.25) is 5.91 Å². The van der Waals surface area contributed by atoms with E-state index in [-0.39, 0.29) is 17.7 Å². The van der Waals surface area contributed by atoms with Gasteiger partial charge in [-0.1, -0.05) is 6.92 Å². The molecule has 0 aromatic heterocycles. The van der Waals surface area contributed by atoms with Gasteiger partial charge in [-0.15, -0.1) is 0 Å². The monoisotopic (exact) mass is 329 g/mol. The lowest BCUT2D eigenvalue weighted by atomic mass is 10.1. The van der Waals surface area contributed by atoms with Crippen LogP contribution < -0.4 is 10.6 Å². The van der Waals surface area contributed by atoms with E-state index in [2.05, 4.69) is 22.5 Å². The molecule has 1 unspecified atom stereocenters. The van der Waals surface area contributed by atoms with Crippen molar-refractivity contribution in [1.82, 2.24) is 10.2 Å². The molecule has 5 nitrogen and oxygen atoms in total. The molecule has 3 rings (SSSR count). The Kier molecular flexibility index (Phi) is 5.51. The molecule has 1 aliphatic heterocycles. The van der Waals surface area contributed by atoms with Gasteiger partial charge in [0, 0.05) is 29.8 Å². The van der Waals surface area contributed by atoms with Crippen LogP contribution in [-0.4, -0.2) is 42.4 Å². The molecule has 1 aromatic carbocycles. The fraction of sp³-hybridized carbons (Fsp3) is 0.579. The Bertz CT molecular complexity index is 575. The van der Waals surface area contributed by atoms with Crippen molar-refractivity contribution in [3.63, 3.8) is 0 Å². The number of hydrogen-bond acceptors (Lipinski definition) is 3. The highest BCUT2D eigenvalue weighted by Gasteiger charge is 2.29. The first kappa shape index (κ1) is 17.0. The van der Waals surface area contributed by atoms with Gasteiger partial charge in [0.15, 0.2) is 0 Å². The molecule has 1 saturated heterocycles. The van der Waals surface area contributed by atoms with Gasteiger partial charge in [0.25, 0.3) is 5.91 Å². The van der Waals surface area contributed by atoms with Crippen molar-refractivity contribution in [3.8, 4) is 0 Å². The van der Waals surface area contributed by atoms with Crippen LogP contribution in [0.3, 0.4) is 0 Å². The molecule has 130 valence electrons. The molecule has 2 aliphatic rings. The highest BCUT2D eigenvalue weighted by molar-refractivity contribution is 5.96. The first-order valence-electron chi connectivity index (χ1n) is 9.10. The van der Waals surface area contributed by atoms with Crippen LogP contribution in [0.2, 0.25) is 0 Å². The van der Waals surface area contributed by atoms with Crippen molar-refractivity contribution in [1.29, 1.82) is 0 Å². The smallest absolute Gasteiger partial charge is 0.251 e. The van der Waals surface area contributed by atoms with Crippen molar-refractivity contribution >= 4 is 17.5 Å². The Morgan fingerprint density at radius 1 is 1.17 bits per heavy atom. The van der Waals surface area contributed by atoms with Gasteiger partial charge in [-0.3, -0.25) is 14.5 Å². The maximum atomic E-state index is 12.3. The maximum absolute atomic E-state index is 12.3. The first-order chi connectivity index (χ1) is 11.7. The van der Waals surface area contributed by atoms with Gasteiger partial charge >= 0.3 is 0 Å². The van der Waals surface area contributed by atoms with E-state index in [1.165, 1.54) is 12.8 Å². The fourth-order valence-corrected chi connectivity index (χ4v) is 3.25. The van der Waals surface area contributed by atoms with E-state index in [1.807, 2.05) is 0 Å². The number of benzene rings is 1. The molecular weight excluding hydrogens is 302 g/mol. The number of hydrogen-bond donors (Lipinski definition) is 2. The highest BCUT2D eigenvalue weighted by atomic mass is 16.2. The lowest BCUT2D eigenvalue weighted by Gasteiger charge is -2.26. The Labute approximate surface area is 143 Å². The third-order valence-electron chi connectivity index (χ3n) is 4.99. The molecule has 1 atom stereocenters. The average Bonchev–Trinajstić information content (AvgIpc) is 3.32. The summed E-state index contributed by atoms with van der Waals surface area (Å²) in [7, 11) is 0. The molecule has 5 heteroatoms. The van der Waals surface area contributed by atoms with Crippen molar-refractivity contribution < 1.29 is 9.59 Å². The summed E-state index contributed by atoms with van der Waals surface area (Å²) in [5, 5.41) is 5.94. The van der Waals surface area contributed by atoms with E-state index in [0.717, 1.165) is 38.0 Å². The molecule has 1 aliphatic carbocycles. The topological polar surface area (TPSA) is 61.4 Å². The Hall–Kier alpha value is -1.88. The van der Waals surface area contributed by atoms with Gasteiger partial charge < -0.3 is 10.6 Å². The van der Waals surface area contributed by atoms with E-state index >= 15 is 0 Å². The van der Waals surface area contributed by atoms with Crippen LogP contribution in [0, 0.1) is 5.92 Å². The molecule has 0 bridgehead atoms. The molecule has 1 heterocycles. The molecule has 2 fully saturated rings. The molecule has 1 aromatic rings. The first-order valence-corrected chi connectivity index (χ1v) is 9.10. The number of rotatable bonds is 7. The van der Waals surface area contributed by atoms with Gasteiger partial charge in [0.05, 0.1) is 0 Å². The summed E-state index contributed by atoms with van der Waals surface area (Å²) in [5.74, 6) is 0.223. The minimum absolute atomic E-state index is 0.0484. The molecule has 1 saturated carbocycles. The van der Waals surface area contributed by atoms with Crippen LogP contribution >= 0.6 is 0 Å². The number of anilines is 1. The van der Waals surface area contributed by atoms with Crippen LogP contribution in [-0.2, 0) is 4.79 Å². The number of amides is 2. The number of nitrogens with zero attached hydrogens (tertiary/aromatic N) is 1. The van der Waals surface area contributed by atoms with E-state index in [4.69, 9.17) is 0 Å². The van der Waals surface area contributed by atoms with Crippen LogP contribution in [0.15, 0.2) is 24.3 Å². The van der Waals surface area contributed by atoms with Gasteiger partial charge in [-0.05, 0) is 69.5 Å². The summed E-state index contributed by atoms with van der Waals surface area (Å²) in [5.41, 5.74) is 1.39. The third kappa shape index (κ3) is 4.35. The number of likely N-dealkylation sites (tertiary alicyclic amines) is 1. The van der Waals surface area contributed by atoms with Crippen LogP contribution in [0.1, 0.15) is 49.4 Å². The third-order valence-corrected chi connectivity index (χ3v) is 4.99. The van der Waals surface area contributed by atoms with Crippen molar-refractivity contribution in [3.05, 3.63) is 29.8 Å². The lowest BCUT2D eigenvalue weighted by Crippen LogP contribution is -2.42. The van der Waals surface area contributed by atoms with Gasteiger partial charge in [-0.25, -0.2) is 0 Å². The van der Waals surface area contributed by atoms with E-state index < -0.39 is 0 Å². The summed E-state index contributed by atoms with van der Waals surface area (Å²) in [4.78, 5) is 26.5. The zero-order chi connectivity index (χ0) is 16.9. The largest absolute Gasteiger partial charge is 0.350 e. The average molecular weight is 329 g/mol. The van der Waals surface area contributed by atoms with Crippen molar-refractivity contribution in [2.45, 2.75) is 45.1 Å². The fourth-order valence-electron chi connectivity index (χ4n) is 3.25. The predicted octanol–water partition coefficient (Wildman–Crippen LogP) is 2.64. The zero-order valence-corrected chi connectivity index (χ0v) is 14.4. The number of carbonyl (C=O) groups excluding carboxylic acids is 2. The maximum Gasteiger partial charge on any atom is 0.251 e. The minimum atomic E-state index is -0.0484. The summed E-state index contributed by atoms with van der Waals surface area (Å²) in [6.45, 7) is 5.15. The van der Waals surface area contributed by atoms with E-state index in [9.17, 15) is 9.59 Å². The summed E-state index contributed by atoms with van der Waals surface area (Å²) < 4.78 is 0. The van der Waals surface area contributed by atoms with E-state index in [0.29, 0.717) is 18.2 Å². The minimum Gasteiger partial charge on any atom is -0.350 e. The Morgan fingerprint density at radius 3 is 2.42 bits per heavy atom. The SMILES string of the molecule is CCC(CNC(=O)c1ccc(NC(=O)C2CC2)cc1)N1CCCC1. The van der Waals surface area contributed by atoms with Crippen LogP contribution in [0.25, 0.3) is 0 Å². The lowest BCUT2D eigenvalue weighted by molar-refractivity contribution is -0.117. The van der Waals surface area contributed by atoms with Gasteiger partial charge in [-0.2, -0.15) is 0 Å². The summed E-state index contributed by atoms with van der Waals surface area (Å²) >= 11 is 0. The zero-order valence-electron chi connectivity index (χ0n) is 14.4. The standard InChI is InChI=1S/C19H27N3O2/c1-2-17(22-11-3-4-12-22)13-20-18(23)14-7-9-16(10-8-14)21-19(24)15-5-6-15/h7-10,15,17H,2-6,11-13H2,1H3,(H,20,23)(H,21,24). The van der Waals surface area contributed by atoms with Crippen molar-refractivity contribution in [2.24, 2.45) is 5.92 Å². The van der Waals surface area contributed by atoms with E-state index in [1.54, 1.807) is 24.3 Å². The van der Waals surface area contributed by atoms with Gasteiger partial charge in [0.1, 0.15) is 0 Å². The molecule has 2 amide bonds. The quantitative estimate of drug-likeness (QED) is 0.808. The summed E-state index contributed by atoms with van der Waals surface area (Å²) in [6.07, 6.45) is 5.55. The molecular formula is C19H27N3O2. The second-order valence-corrected chi connectivity index (χ2v) is 6.86. The molecule has 0 spiro atoms. The second-order valence-electron chi connectivity index (χ2n) is 6.86. The van der Waals surface area contributed by atoms with Crippen molar-refractivity contribution in [2.75, 3.05) is 25.0 Å². The highest BCUT2D eigenvalue weighted by Crippen LogP contribution is 2.30. The molecule has 2 N–H and O–H groups in total. The molecule has 24 heavy (non-hydrogen) atoms. The number of nitrogens with one attached hydrogen (secondary N) is 2. The normalized spacial score (nSPS) is 19.0. The molecule has 0 radical (unpaired) electrons. The van der Waals surface area contributed by atoms with Crippen LogP contribution in [0.5, 0.6) is 0 Å². The predicted molar refractivity (Wildman–Crippen MR) is 95.0 cm³/mol. The summed E-state index contributed by atoms with van der Waals surface area (Å²) in [6, 6.07) is 7.57. The second kappa shape index (κ2) is 7.79. The van der Waals surface area contributed by atoms with Crippen LogP contribution in [0.4, 0.5) is 5.69 Å². The number of carbonyl (C=O) groups is 2.